The molecule has 1 aliphatic carbocycles. The first-order valence-electron chi connectivity index (χ1n) is 10.5. The van der Waals surface area contributed by atoms with E-state index in [-0.39, 0.29) is 36.9 Å². The summed E-state index contributed by atoms with van der Waals surface area (Å²) >= 11 is 0. The minimum Gasteiger partial charge on any atom is -0.463 e. The average molecular weight is 434 g/mol. The molecule has 1 N–H and O–H groups in total. The van der Waals surface area contributed by atoms with Gasteiger partial charge in [0, 0.05) is 18.5 Å². The van der Waals surface area contributed by atoms with Crippen LogP contribution in [0.15, 0.2) is 60.7 Å². The van der Waals surface area contributed by atoms with Crippen LogP contribution in [-0.4, -0.2) is 24.5 Å². The van der Waals surface area contributed by atoms with E-state index in [9.17, 15) is 9.59 Å². The van der Waals surface area contributed by atoms with E-state index >= 15 is 0 Å². The van der Waals surface area contributed by atoms with Crippen LogP contribution in [0.2, 0.25) is 0 Å². The zero-order valence-corrected chi connectivity index (χ0v) is 19.1. The van der Waals surface area contributed by atoms with Gasteiger partial charge in [-0.3, -0.25) is 9.59 Å². The van der Waals surface area contributed by atoms with E-state index in [4.69, 9.17) is 4.74 Å². The first-order chi connectivity index (χ1) is 15.0. The van der Waals surface area contributed by atoms with Crippen LogP contribution in [0.25, 0.3) is 0 Å². The molecule has 1 amide bonds. The Morgan fingerprint density at radius 1 is 0.935 bits per heavy atom. The molecule has 1 fully saturated rings. The van der Waals surface area contributed by atoms with Crippen LogP contribution in [-0.2, 0) is 14.3 Å². The minimum atomic E-state index is -0.769. The van der Waals surface area contributed by atoms with Gasteiger partial charge in [-0.25, -0.2) is 0 Å². The van der Waals surface area contributed by atoms with E-state index in [1.807, 2.05) is 38.8 Å². The van der Waals surface area contributed by atoms with E-state index in [2.05, 4.69) is 60.3 Å². The number of benzene rings is 2. The third kappa shape index (κ3) is 6.64. The van der Waals surface area contributed by atoms with Crippen LogP contribution in [0.3, 0.4) is 0 Å². The molecule has 1 aliphatic rings. The maximum Gasteiger partial charge on any atom is 0.306 e. The quantitative estimate of drug-likeness (QED) is 0.480. The second-order valence-corrected chi connectivity index (χ2v) is 10.0. The number of carbonyl (C=O) groups excluding carboxylic acids is 2. The Labute approximate surface area is 187 Å². The Morgan fingerprint density at radius 2 is 1.52 bits per heavy atom. The fourth-order valence-electron chi connectivity index (χ4n) is 3.45. The Bertz CT molecular complexity index is 801. The van der Waals surface area contributed by atoms with Gasteiger partial charge in [0.1, 0.15) is 6.61 Å². The first kappa shape index (κ1) is 23.5. The summed E-state index contributed by atoms with van der Waals surface area (Å²) in [6.07, 6.45) is 6.34. The van der Waals surface area contributed by atoms with Crippen LogP contribution in [0.5, 0.6) is 0 Å². The maximum absolute atomic E-state index is 12.6. The topological polar surface area (TPSA) is 55.4 Å². The van der Waals surface area contributed by atoms with Crippen LogP contribution in [0.1, 0.15) is 27.2 Å². The number of hydrogen-bond donors (Lipinski definition) is 1. The molecular weight excluding hydrogens is 405 g/mol. The number of nitrogens with one attached hydrogen (secondary N) is 1. The third-order valence-corrected chi connectivity index (χ3v) is 7.65. The summed E-state index contributed by atoms with van der Waals surface area (Å²) in [4.78, 5) is 24.0. The second kappa shape index (κ2) is 11.4. The summed E-state index contributed by atoms with van der Waals surface area (Å²) in [6, 6.07) is 20.7. The van der Waals surface area contributed by atoms with Crippen molar-refractivity contribution in [3.8, 4) is 0 Å². The summed E-state index contributed by atoms with van der Waals surface area (Å²) < 4.78 is 5.54. The largest absolute Gasteiger partial charge is 0.463 e. The van der Waals surface area contributed by atoms with E-state index in [0.717, 1.165) is 5.92 Å². The molecule has 3 rings (SSSR count). The molecule has 5 heteroatoms. The Hall–Kier alpha value is -2.19. The summed E-state index contributed by atoms with van der Waals surface area (Å²) in [5, 5.41) is 5.34. The van der Waals surface area contributed by atoms with Crippen molar-refractivity contribution >= 4 is 30.4 Å². The van der Waals surface area contributed by atoms with Crippen molar-refractivity contribution in [2.45, 2.75) is 33.2 Å². The molecule has 2 aromatic rings. The van der Waals surface area contributed by atoms with Crippen molar-refractivity contribution < 1.29 is 14.3 Å². The van der Waals surface area contributed by atoms with Crippen LogP contribution in [0, 0.1) is 36.8 Å². The lowest BCUT2D eigenvalue weighted by molar-refractivity contribution is -0.144. The zero-order chi connectivity index (χ0) is 22.2. The van der Waals surface area contributed by atoms with Gasteiger partial charge in [-0.15, -0.1) is 0 Å². The number of ether oxygens (including phenoxy) is 1. The molecule has 0 spiro atoms. The van der Waals surface area contributed by atoms with Crippen LogP contribution in [0.4, 0.5) is 0 Å². The molecule has 0 bridgehead atoms. The van der Waals surface area contributed by atoms with Gasteiger partial charge in [0.2, 0.25) is 5.91 Å². The number of carbonyl (C=O) groups is 2. The zero-order valence-electron chi connectivity index (χ0n) is 18.2. The van der Waals surface area contributed by atoms with Gasteiger partial charge in [0.25, 0.3) is 0 Å². The lowest BCUT2D eigenvalue weighted by Crippen LogP contribution is -2.41. The lowest BCUT2D eigenvalue weighted by Gasteiger charge is -2.29. The summed E-state index contributed by atoms with van der Waals surface area (Å²) in [7, 11) is -0.769. The number of amides is 1. The number of rotatable bonds is 9. The molecule has 0 saturated heterocycles. The molecular formula is C26H29NO3P. The van der Waals surface area contributed by atoms with Gasteiger partial charge in [0.05, 0.1) is 12.5 Å². The highest BCUT2D eigenvalue weighted by Crippen LogP contribution is 2.56. The van der Waals surface area contributed by atoms with Crippen molar-refractivity contribution in [1.82, 2.24) is 5.32 Å². The molecule has 2 aromatic carbocycles. The lowest BCUT2D eigenvalue weighted by atomic mass is 10.0. The van der Waals surface area contributed by atoms with Crippen molar-refractivity contribution in [1.29, 1.82) is 0 Å². The van der Waals surface area contributed by atoms with E-state index in [1.54, 1.807) is 0 Å². The SMILES string of the molecule is CC(=O)NC(COC(=O)C[C]1[CH][CH][CH][C]1P(c1ccccc1)c1ccccc1)C(C)C. The third-order valence-electron chi connectivity index (χ3n) is 5.10. The fraction of sp³-hybridized carbons (Fsp3) is 0.269. The minimum absolute atomic E-state index is 0.121. The second-order valence-electron chi connectivity index (χ2n) is 7.85. The molecule has 1 saturated carbocycles. The standard InChI is InChI=1S/C26H29NO3P/c1-19(2)24(27-20(3)28)18-30-26(29)17-21-11-10-16-25(21)31(22-12-6-4-7-13-22)23-14-8-5-9-15-23/h4-16,19,24H,17-18H2,1-3H3,(H,27,28). The van der Waals surface area contributed by atoms with Crippen LogP contribution < -0.4 is 15.9 Å². The average Bonchev–Trinajstić information content (AvgIpc) is 3.20. The Balaban J connectivity index is 1.70. The Morgan fingerprint density at radius 3 is 2.03 bits per heavy atom. The summed E-state index contributed by atoms with van der Waals surface area (Å²) in [5.41, 5.74) is 1.17. The van der Waals surface area contributed by atoms with E-state index in [1.165, 1.54) is 23.2 Å². The van der Waals surface area contributed by atoms with Crippen molar-refractivity contribution in [3.63, 3.8) is 0 Å². The van der Waals surface area contributed by atoms with Crippen molar-refractivity contribution in [3.05, 3.63) is 91.5 Å². The molecule has 1 unspecified atom stereocenters. The maximum atomic E-state index is 12.6. The predicted molar refractivity (Wildman–Crippen MR) is 126 cm³/mol. The van der Waals surface area contributed by atoms with Gasteiger partial charge in [0.15, 0.2) is 0 Å². The molecule has 5 radical (unpaired) electrons. The van der Waals surface area contributed by atoms with Gasteiger partial charge < -0.3 is 10.1 Å². The predicted octanol–water partition coefficient (Wildman–Crippen LogP) is 3.95. The summed E-state index contributed by atoms with van der Waals surface area (Å²) in [5.74, 6) is 0.767. The highest BCUT2D eigenvalue weighted by Gasteiger charge is 2.38. The molecule has 31 heavy (non-hydrogen) atoms. The van der Waals surface area contributed by atoms with Gasteiger partial charge >= 0.3 is 5.97 Å². The van der Waals surface area contributed by atoms with Crippen LogP contribution >= 0.6 is 7.92 Å². The first-order valence-corrected chi connectivity index (χ1v) is 11.9. The highest BCUT2D eigenvalue weighted by atomic mass is 31.1. The van der Waals surface area contributed by atoms with Gasteiger partial charge in [-0.05, 0) is 43.7 Å². The van der Waals surface area contributed by atoms with Crippen molar-refractivity contribution in [2.75, 3.05) is 6.61 Å². The number of esters is 1. The van der Waals surface area contributed by atoms with E-state index in [0.29, 0.717) is 0 Å². The normalized spacial score (nSPS) is 15.9. The molecule has 0 aliphatic heterocycles. The fourth-order valence-corrected chi connectivity index (χ4v) is 5.92. The van der Waals surface area contributed by atoms with E-state index < -0.39 is 7.92 Å². The van der Waals surface area contributed by atoms with Crippen molar-refractivity contribution in [2.24, 2.45) is 5.92 Å². The molecule has 0 aromatic heterocycles. The van der Waals surface area contributed by atoms with Gasteiger partial charge in [-0.1, -0.05) is 74.5 Å². The highest BCUT2D eigenvalue weighted by molar-refractivity contribution is 7.76. The number of hydrogen-bond acceptors (Lipinski definition) is 3. The van der Waals surface area contributed by atoms with Gasteiger partial charge in [-0.2, -0.15) is 0 Å². The Kier molecular flexibility index (Phi) is 8.66. The molecule has 161 valence electrons. The molecule has 0 heterocycles. The smallest absolute Gasteiger partial charge is 0.306 e. The summed E-state index contributed by atoms with van der Waals surface area (Å²) in [6.45, 7) is 5.65. The molecule has 4 nitrogen and oxygen atoms in total. The monoisotopic (exact) mass is 434 g/mol. The molecule has 1 atom stereocenters.